The van der Waals surface area contributed by atoms with Crippen LogP contribution in [0.25, 0.3) is 5.69 Å². The maximum atomic E-state index is 6.33. The van der Waals surface area contributed by atoms with Gasteiger partial charge in [-0.15, -0.1) is 0 Å². The van der Waals surface area contributed by atoms with Gasteiger partial charge < -0.3 is 19.5 Å². The molecule has 0 spiro atoms. The quantitative estimate of drug-likeness (QED) is 0.296. The summed E-state index contributed by atoms with van der Waals surface area (Å²) in [6.07, 6.45) is 1.83. The van der Waals surface area contributed by atoms with Gasteiger partial charge in [-0.05, 0) is 99.2 Å². The largest absolute Gasteiger partial charge is 0.494 e. The van der Waals surface area contributed by atoms with E-state index in [0.717, 1.165) is 34.2 Å². The lowest BCUT2D eigenvalue weighted by atomic mass is 9.96. The summed E-state index contributed by atoms with van der Waals surface area (Å²) in [6, 6.07) is 24.1. The molecule has 2 aromatic heterocycles. The van der Waals surface area contributed by atoms with Crippen molar-refractivity contribution >= 4 is 34.6 Å². The number of nitrogens with one attached hydrogen (secondary N) is 1. The van der Waals surface area contributed by atoms with Crippen LogP contribution in [0.15, 0.2) is 79.0 Å². The van der Waals surface area contributed by atoms with E-state index >= 15 is 0 Å². The van der Waals surface area contributed by atoms with Crippen LogP contribution in [0, 0.1) is 13.8 Å². The molecule has 0 amide bonds. The fourth-order valence-electron chi connectivity index (χ4n) is 4.92. The predicted molar refractivity (Wildman–Crippen MR) is 146 cm³/mol. The zero-order valence-corrected chi connectivity index (χ0v) is 21.5. The first-order valence-corrected chi connectivity index (χ1v) is 12.4. The Hall–Kier alpha value is -3.35. The van der Waals surface area contributed by atoms with Crippen LogP contribution in [0.1, 0.15) is 41.7 Å². The minimum absolute atomic E-state index is 0.0884. The van der Waals surface area contributed by atoms with E-state index in [1.54, 1.807) is 0 Å². The summed E-state index contributed by atoms with van der Waals surface area (Å²) in [6.45, 7) is 6.88. The first kappa shape index (κ1) is 23.4. The van der Waals surface area contributed by atoms with Gasteiger partial charge in [0, 0.05) is 34.0 Å². The highest BCUT2D eigenvalue weighted by Gasteiger charge is 2.42. The molecule has 0 aliphatic carbocycles. The molecule has 0 radical (unpaired) electrons. The van der Waals surface area contributed by atoms with Crippen molar-refractivity contribution in [3.05, 3.63) is 107 Å². The van der Waals surface area contributed by atoms with Crippen molar-refractivity contribution in [2.75, 3.05) is 11.5 Å². The van der Waals surface area contributed by atoms with E-state index in [0.29, 0.717) is 16.7 Å². The van der Waals surface area contributed by atoms with Gasteiger partial charge in [0.2, 0.25) is 0 Å². The first-order valence-electron chi connectivity index (χ1n) is 11.7. The van der Waals surface area contributed by atoms with E-state index in [4.69, 9.17) is 28.6 Å². The Morgan fingerprint density at radius 2 is 1.80 bits per heavy atom. The molecule has 2 atom stereocenters. The Morgan fingerprint density at radius 3 is 2.49 bits per heavy atom. The topological polar surface area (TPSA) is 42.3 Å². The molecule has 3 heterocycles. The molecule has 0 saturated carbocycles. The first-order chi connectivity index (χ1) is 17.0. The molecule has 1 fully saturated rings. The second-order valence-electron chi connectivity index (χ2n) is 8.57. The van der Waals surface area contributed by atoms with Gasteiger partial charge in [-0.1, -0.05) is 23.7 Å². The fraction of sp³-hybridized carbons (Fsp3) is 0.214. The van der Waals surface area contributed by atoms with Gasteiger partial charge in [-0.3, -0.25) is 4.98 Å². The van der Waals surface area contributed by atoms with Crippen molar-refractivity contribution in [3.63, 3.8) is 0 Å². The number of benzene rings is 2. The summed E-state index contributed by atoms with van der Waals surface area (Å²) >= 11 is 12.2. The van der Waals surface area contributed by atoms with Crippen LogP contribution in [-0.4, -0.2) is 21.3 Å². The molecule has 4 aromatic rings. The van der Waals surface area contributed by atoms with Gasteiger partial charge in [0.1, 0.15) is 5.75 Å². The molecule has 5 nitrogen and oxygen atoms in total. The lowest BCUT2D eigenvalue weighted by Crippen LogP contribution is -2.29. The van der Waals surface area contributed by atoms with E-state index in [-0.39, 0.29) is 12.1 Å². The van der Waals surface area contributed by atoms with E-state index in [9.17, 15) is 0 Å². The molecule has 1 aliphatic rings. The van der Waals surface area contributed by atoms with Crippen LogP contribution >= 0.6 is 23.8 Å². The third-order valence-electron chi connectivity index (χ3n) is 6.38. The van der Waals surface area contributed by atoms with Crippen molar-refractivity contribution < 1.29 is 4.74 Å². The number of halogens is 1. The molecular weight excluding hydrogens is 476 g/mol. The van der Waals surface area contributed by atoms with E-state index in [2.05, 4.69) is 57.9 Å². The highest BCUT2D eigenvalue weighted by Crippen LogP contribution is 2.44. The van der Waals surface area contributed by atoms with Crippen LogP contribution in [0.3, 0.4) is 0 Å². The Morgan fingerprint density at radius 1 is 1.00 bits per heavy atom. The smallest absolute Gasteiger partial charge is 0.174 e. The molecule has 0 bridgehead atoms. The maximum absolute atomic E-state index is 6.33. The summed E-state index contributed by atoms with van der Waals surface area (Å²) in [4.78, 5) is 6.86. The number of thiocarbonyl (C=S) groups is 1. The minimum Gasteiger partial charge on any atom is -0.494 e. The zero-order valence-electron chi connectivity index (χ0n) is 19.9. The van der Waals surface area contributed by atoms with Crippen molar-refractivity contribution in [1.29, 1.82) is 0 Å². The van der Waals surface area contributed by atoms with Crippen molar-refractivity contribution in [2.45, 2.75) is 32.9 Å². The summed E-state index contributed by atoms with van der Waals surface area (Å²) in [5.41, 5.74) is 6.43. The average Bonchev–Trinajstić information content (AvgIpc) is 3.35. The molecule has 2 unspecified atom stereocenters. The third kappa shape index (κ3) is 4.40. The van der Waals surface area contributed by atoms with Gasteiger partial charge in [-0.2, -0.15) is 0 Å². The van der Waals surface area contributed by atoms with Gasteiger partial charge in [0.05, 0.1) is 24.4 Å². The van der Waals surface area contributed by atoms with Gasteiger partial charge in [-0.25, -0.2) is 0 Å². The van der Waals surface area contributed by atoms with E-state index in [1.807, 2.05) is 61.7 Å². The second kappa shape index (κ2) is 9.72. The summed E-state index contributed by atoms with van der Waals surface area (Å²) in [5, 5.41) is 4.92. The SMILES string of the molecule is CCOc1ccc(N2C(=S)NC(c3ccccn3)C2c2cc(C)n(-c3cccc(Cl)c3)c2C)cc1. The van der Waals surface area contributed by atoms with Crippen LogP contribution < -0.4 is 15.0 Å². The Labute approximate surface area is 216 Å². The predicted octanol–water partition coefficient (Wildman–Crippen LogP) is 6.72. The molecule has 5 rings (SSSR count). The van der Waals surface area contributed by atoms with E-state index in [1.165, 1.54) is 5.56 Å². The molecular formula is C28H27ClN4OS. The molecule has 2 aromatic carbocycles. The number of aromatic nitrogens is 2. The second-order valence-corrected chi connectivity index (χ2v) is 9.39. The van der Waals surface area contributed by atoms with Gasteiger partial charge in [0.25, 0.3) is 0 Å². The Balaban J connectivity index is 1.64. The molecule has 7 heteroatoms. The average molecular weight is 503 g/mol. The van der Waals surface area contributed by atoms with Crippen molar-refractivity contribution in [3.8, 4) is 11.4 Å². The Kier molecular flexibility index (Phi) is 6.50. The summed E-state index contributed by atoms with van der Waals surface area (Å²) in [7, 11) is 0. The lowest BCUT2D eigenvalue weighted by molar-refractivity contribution is 0.340. The van der Waals surface area contributed by atoms with Crippen LogP contribution in [0.2, 0.25) is 5.02 Å². The normalized spacial score (nSPS) is 17.5. The molecule has 178 valence electrons. The van der Waals surface area contributed by atoms with Gasteiger partial charge in [0.15, 0.2) is 5.11 Å². The number of pyridine rings is 1. The molecule has 1 N–H and O–H groups in total. The zero-order chi connectivity index (χ0) is 24.5. The fourth-order valence-corrected chi connectivity index (χ4v) is 5.45. The lowest BCUT2D eigenvalue weighted by Gasteiger charge is -2.28. The molecule has 1 saturated heterocycles. The Bertz CT molecular complexity index is 1350. The molecule has 35 heavy (non-hydrogen) atoms. The summed E-state index contributed by atoms with van der Waals surface area (Å²) < 4.78 is 7.90. The highest BCUT2D eigenvalue weighted by molar-refractivity contribution is 7.80. The van der Waals surface area contributed by atoms with Crippen LogP contribution in [0.5, 0.6) is 5.75 Å². The number of aryl methyl sites for hydroxylation is 1. The molecule has 1 aliphatic heterocycles. The van der Waals surface area contributed by atoms with Gasteiger partial charge >= 0.3 is 0 Å². The van der Waals surface area contributed by atoms with E-state index < -0.39 is 0 Å². The monoisotopic (exact) mass is 502 g/mol. The minimum atomic E-state index is -0.108. The standard InChI is InChI=1S/C28H27ClN4OS/c1-4-34-23-13-11-21(12-14-23)33-27(26(31-28(33)35)25-10-5-6-15-30-25)24-16-18(2)32(19(24)3)22-9-7-8-20(29)17-22/h5-17,26-27H,4H2,1-3H3,(H,31,35). The number of hydrogen-bond acceptors (Lipinski definition) is 3. The maximum Gasteiger partial charge on any atom is 0.174 e. The number of rotatable bonds is 6. The summed E-state index contributed by atoms with van der Waals surface area (Å²) in [5.74, 6) is 0.839. The van der Waals surface area contributed by atoms with Crippen molar-refractivity contribution in [2.24, 2.45) is 0 Å². The number of hydrogen-bond donors (Lipinski definition) is 1. The number of anilines is 1. The highest BCUT2D eigenvalue weighted by atomic mass is 35.5. The van der Waals surface area contributed by atoms with Crippen LogP contribution in [-0.2, 0) is 0 Å². The van der Waals surface area contributed by atoms with Crippen LogP contribution in [0.4, 0.5) is 5.69 Å². The number of ether oxygens (including phenoxy) is 1. The number of nitrogens with zero attached hydrogens (tertiary/aromatic N) is 3. The third-order valence-corrected chi connectivity index (χ3v) is 6.93. The van der Waals surface area contributed by atoms with Crippen molar-refractivity contribution in [1.82, 2.24) is 14.9 Å².